The minimum atomic E-state index is -2.95. The van der Waals surface area contributed by atoms with Gasteiger partial charge in [0.15, 0.2) is 5.13 Å². The molecule has 0 aliphatic heterocycles. The maximum absolute atomic E-state index is 10.9. The van der Waals surface area contributed by atoms with Crippen molar-refractivity contribution in [3.8, 4) is 0 Å². The predicted octanol–water partition coefficient (Wildman–Crippen LogP) is 0.0741. The molecule has 102 valence electrons. The lowest BCUT2D eigenvalue weighted by atomic mass is 10.2. The quantitative estimate of drug-likeness (QED) is 0.608. The number of sulfone groups is 1. The summed E-state index contributed by atoms with van der Waals surface area (Å²) < 4.78 is 21.8. The molecule has 1 heterocycles. The van der Waals surface area contributed by atoms with Crippen LogP contribution >= 0.6 is 11.3 Å². The number of nitrogens with two attached hydrogens (primary N) is 1. The van der Waals surface area contributed by atoms with E-state index in [2.05, 4.69) is 10.3 Å². The van der Waals surface area contributed by atoms with Crippen LogP contribution in [0.3, 0.4) is 0 Å². The Morgan fingerprint density at radius 1 is 1.67 bits per heavy atom. The second kappa shape index (κ2) is 6.12. The fourth-order valence-electron chi connectivity index (χ4n) is 1.17. The summed E-state index contributed by atoms with van der Waals surface area (Å²) in [5.74, 6) is -1.03. The third-order valence-corrected chi connectivity index (χ3v) is 3.92. The first-order chi connectivity index (χ1) is 8.29. The number of carboxylic acid groups (broad SMARTS) is 1. The molecule has 0 aliphatic carbocycles. The van der Waals surface area contributed by atoms with E-state index < -0.39 is 21.8 Å². The van der Waals surface area contributed by atoms with Gasteiger partial charge in [-0.3, -0.25) is 4.79 Å². The number of nitrogens with one attached hydrogen (secondary N) is 1. The minimum absolute atomic E-state index is 0.104. The number of carbonyl (C=O) groups is 1. The van der Waals surface area contributed by atoms with Gasteiger partial charge in [0.25, 0.3) is 0 Å². The Bertz CT molecular complexity index is 512. The molecule has 9 heteroatoms. The average Bonchev–Trinajstić information content (AvgIpc) is 2.70. The van der Waals surface area contributed by atoms with E-state index in [1.165, 1.54) is 17.6 Å². The van der Waals surface area contributed by atoms with E-state index in [1.54, 1.807) is 5.38 Å². The number of rotatable bonds is 7. The number of aliphatic carboxylic acids is 1. The van der Waals surface area contributed by atoms with Gasteiger partial charge in [0.05, 0.1) is 11.4 Å². The largest absolute Gasteiger partial charge is 0.480 e. The second-order valence-corrected chi connectivity index (χ2v) is 6.92. The number of thiazole rings is 1. The molecule has 0 fully saturated rings. The summed E-state index contributed by atoms with van der Waals surface area (Å²) >= 11 is 1.24. The van der Waals surface area contributed by atoms with E-state index in [1.807, 2.05) is 0 Å². The summed E-state index contributed by atoms with van der Waals surface area (Å²) in [7, 11) is -2.95. The smallest absolute Gasteiger partial charge is 0.326 e. The van der Waals surface area contributed by atoms with Gasteiger partial charge in [0, 0.05) is 18.2 Å². The van der Waals surface area contributed by atoms with E-state index in [0.29, 0.717) is 18.1 Å². The lowest BCUT2D eigenvalue weighted by molar-refractivity contribution is -0.138. The summed E-state index contributed by atoms with van der Waals surface area (Å²) in [5, 5.41) is 13.7. The lowest BCUT2D eigenvalue weighted by Gasteiger charge is -2.02. The molecule has 1 aromatic rings. The van der Waals surface area contributed by atoms with Crippen LogP contribution in [0, 0.1) is 0 Å². The van der Waals surface area contributed by atoms with E-state index in [4.69, 9.17) is 10.8 Å². The van der Waals surface area contributed by atoms with E-state index >= 15 is 0 Å². The summed E-state index contributed by atoms with van der Waals surface area (Å²) in [4.78, 5) is 14.6. The number of carboxylic acids is 1. The highest BCUT2D eigenvalue weighted by molar-refractivity contribution is 7.90. The number of anilines is 1. The molecule has 1 rings (SSSR count). The molecule has 1 aromatic heterocycles. The number of hydrogen-bond acceptors (Lipinski definition) is 7. The Morgan fingerprint density at radius 2 is 2.33 bits per heavy atom. The van der Waals surface area contributed by atoms with E-state index in [-0.39, 0.29) is 11.4 Å². The predicted molar refractivity (Wildman–Crippen MR) is 69.5 cm³/mol. The molecule has 4 N–H and O–H groups in total. The molecule has 0 bridgehead atoms. The first kappa shape index (κ1) is 14.9. The van der Waals surface area contributed by atoms with Gasteiger partial charge in [-0.2, -0.15) is 0 Å². The molecule has 0 radical (unpaired) electrons. The molecular weight excluding hydrogens is 278 g/mol. The maximum atomic E-state index is 10.9. The summed E-state index contributed by atoms with van der Waals surface area (Å²) in [6, 6.07) is -1.13. The van der Waals surface area contributed by atoms with Crippen LogP contribution in [-0.2, 0) is 14.6 Å². The first-order valence-electron chi connectivity index (χ1n) is 5.15. The average molecular weight is 293 g/mol. The van der Waals surface area contributed by atoms with Crippen LogP contribution in [-0.4, -0.2) is 43.0 Å². The zero-order valence-corrected chi connectivity index (χ0v) is 11.4. The van der Waals surface area contributed by atoms with Crippen LogP contribution in [0.15, 0.2) is 5.38 Å². The molecular formula is C9H15N3O4S2. The van der Waals surface area contributed by atoms with Gasteiger partial charge >= 0.3 is 5.97 Å². The Morgan fingerprint density at radius 3 is 2.89 bits per heavy atom. The highest BCUT2D eigenvalue weighted by Crippen LogP contribution is 2.19. The third-order valence-electron chi connectivity index (χ3n) is 2.07. The number of aromatic nitrogens is 1. The van der Waals surface area contributed by atoms with Crippen LogP contribution in [0.1, 0.15) is 18.2 Å². The van der Waals surface area contributed by atoms with Crippen molar-refractivity contribution in [3.63, 3.8) is 0 Å². The van der Waals surface area contributed by atoms with Crippen molar-refractivity contribution in [1.29, 1.82) is 0 Å². The standard InChI is InChI=1S/C9H15N3O4S2/c1-18(15,16)4-2-3-11-9-12-6(5-17-9)7(10)8(13)14/h5,7H,2-4,10H2,1H3,(H,11,12)(H,13,14). The summed E-state index contributed by atoms with van der Waals surface area (Å²) in [6.07, 6.45) is 1.65. The number of hydrogen-bond donors (Lipinski definition) is 3. The van der Waals surface area contributed by atoms with Crippen molar-refractivity contribution < 1.29 is 18.3 Å². The third kappa shape index (κ3) is 4.98. The molecule has 1 atom stereocenters. The molecule has 18 heavy (non-hydrogen) atoms. The van der Waals surface area contributed by atoms with Crippen molar-refractivity contribution in [1.82, 2.24) is 4.98 Å². The van der Waals surface area contributed by atoms with Crippen LogP contribution < -0.4 is 11.1 Å². The van der Waals surface area contributed by atoms with Crippen LogP contribution in [0.5, 0.6) is 0 Å². The molecule has 0 saturated heterocycles. The Hall–Kier alpha value is -1.19. The molecule has 0 aromatic carbocycles. The minimum Gasteiger partial charge on any atom is -0.480 e. The Labute approximate surface area is 109 Å². The molecule has 1 unspecified atom stereocenters. The molecule has 0 spiro atoms. The van der Waals surface area contributed by atoms with Gasteiger partial charge in [-0.05, 0) is 6.42 Å². The van der Waals surface area contributed by atoms with Gasteiger partial charge in [0.2, 0.25) is 0 Å². The van der Waals surface area contributed by atoms with Gasteiger partial charge in [-0.1, -0.05) is 0 Å². The SMILES string of the molecule is CS(=O)(=O)CCCNc1nc(C(N)C(=O)O)cs1. The fourth-order valence-corrected chi connectivity index (χ4v) is 2.61. The fraction of sp³-hybridized carbons (Fsp3) is 0.556. The zero-order valence-electron chi connectivity index (χ0n) is 9.79. The van der Waals surface area contributed by atoms with Gasteiger partial charge in [-0.15, -0.1) is 11.3 Å². The van der Waals surface area contributed by atoms with Crippen LogP contribution in [0.25, 0.3) is 0 Å². The van der Waals surface area contributed by atoms with Gasteiger partial charge < -0.3 is 16.2 Å². The second-order valence-electron chi connectivity index (χ2n) is 3.80. The number of nitrogens with zero attached hydrogens (tertiary/aromatic N) is 1. The normalized spacial score (nSPS) is 13.2. The molecule has 0 amide bonds. The zero-order chi connectivity index (χ0) is 13.8. The van der Waals surface area contributed by atoms with Crippen molar-refractivity contribution in [3.05, 3.63) is 11.1 Å². The van der Waals surface area contributed by atoms with Gasteiger partial charge in [-0.25, -0.2) is 13.4 Å². The highest BCUT2D eigenvalue weighted by atomic mass is 32.2. The van der Waals surface area contributed by atoms with Crippen molar-refractivity contribution >= 4 is 32.3 Å². The van der Waals surface area contributed by atoms with Gasteiger partial charge in [0.1, 0.15) is 15.9 Å². The van der Waals surface area contributed by atoms with Crippen molar-refractivity contribution in [2.45, 2.75) is 12.5 Å². The highest BCUT2D eigenvalue weighted by Gasteiger charge is 2.17. The van der Waals surface area contributed by atoms with E-state index in [0.717, 1.165) is 0 Å². The van der Waals surface area contributed by atoms with Crippen LogP contribution in [0.2, 0.25) is 0 Å². The summed E-state index contributed by atoms with van der Waals surface area (Å²) in [6.45, 7) is 0.461. The maximum Gasteiger partial charge on any atom is 0.326 e. The van der Waals surface area contributed by atoms with Crippen molar-refractivity contribution in [2.24, 2.45) is 5.73 Å². The Kier molecular flexibility index (Phi) is 5.05. The first-order valence-corrected chi connectivity index (χ1v) is 8.09. The Balaban J connectivity index is 2.43. The van der Waals surface area contributed by atoms with Crippen LogP contribution in [0.4, 0.5) is 5.13 Å². The topological polar surface area (TPSA) is 122 Å². The van der Waals surface area contributed by atoms with Crippen molar-refractivity contribution in [2.75, 3.05) is 23.9 Å². The lowest BCUT2D eigenvalue weighted by Crippen LogP contribution is -2.21. The summed E-state index contributed by atoms with van der Waals surface area (Å²) in [5.41, 5.74) is 5.69. The molecule has 7 nitrogen and oxygen atoms in total. The molecule has 0 saturated carbocycles. The monoisotopic (exact) mass is 293 g/mol. The molecule has 0 aliphatic rings. The van der Waals surface area contributed by atoms with E-state index in [9.17, 15) is 13.2 Å².